The van der Waals surface area contributed by atoms with Crippen LogP contribution in [0.25, 0.3) is 28.3 Å². The second-order valence-electron chi connectivity index (χ2n) is 4.70. The number of nitrogens with zero attached hydrogens (tertiary/aromatic N) is 6. The molecule has 4 aromatic rings. The van der Waals surface area contributed by atoms with Crippen molar-refractivity contribution in [2.45, 2.75) is 6.92 Å². The zero-order valence-electron chi connectivity index (χ0n) is 11.3. The van der Waals surface area contributed by atoms with Crippen LogP contribution in [0.5, 0.6) is 0 Å². The van der Waals surface area contributed by atoms with Crippen molar-refractivity contribution in [2.75, 3.05) is 0 Å². The van der Waals surface area contributed by atoms with Crippen molar-refractivity contribution in [3.63, 3.8) is 0 Å². The van der Waals surface area contributed by atoms with E-state index in [0.717, 1.165) is 16.7 Å². The summed E-state index contributed by atoms with van der Waals surface area (Å²) in [6.45, 7) is 1.86. The zero-order valence-corrected chi connectivity index (χ0v) is 12.8. The molecule has 0 amide bonds. The number of para-hydroxylation sites is 2. The van der Waals surface area contributed by atoms with Gasteiger partial charge in [0.2, 0.25) is 5.82 Å². The fourth-order valence-corrected chi connectivity index (χ4v) is 2.66. The lowest BCUT2D eigenvalue weighted by molar-refractivity contribution is 0.939. The number of aromatic nitrogens is 6. The predicted molar refractivity (Wildman–Crippen MR) is 84.1 cm³/mol. The van der Waals surface area contributed by atoms with Crippen LogP contribution < -0.4 is 0 Å². The molecule has 0 bridgehead atoms. The van der Waals surface area contributed by atoms with Crippen LogP contribution in [0.15, 0.2) is 30.3 Å². The number of rotatable bonds is 1. The first kappa shape index (κ1) is 13.4. The molecule has 1 aromatic carbocycles. The van der Waals surface area contributed by atoms with Gasteiger partial charge in [-0.25, -0.2) is 9.97 Å². The van der Waals surface area contributed by atoms with Crippen molar-refractivity contribution in [1.82, 2.24) is 29.5 Å². The van der Waals surface area contributed by atoms with E-state index in [1.807, 2.05) is 31.2 Å². The van der Waals surface area contributed by atoms with Crippen molar-refractivity contribution >= 4 is 40.0 Å². The number of hydrogen-bond acceptors (Lipinski definition) is 5. The molecular formula is C14H8Cl2N6. The molecule has 0 spiro atoms. The Labute approximate surface area is 134 Å². The first-order valence-corrected chi connectivity index (χ1v) is 7.20. The highest BCUT2D eigenvalue weighted by atomic mass is 35.5. The van der Waals surface area contributed by atoms with Crippen molar-refractivity contribution in [3.05, 3.63) is 46.3 Å². The van der Waals surface area contributed by atoms with Crippen LogP contribution in [-0.2, 0) is 0 Å². The third kappa shape index (κ3) is 2.08. The summed E-state index contributed by atoms with van der Waals surface area (Å²) >= 11 is 12.0. The van der Waals surface area contributed by atoms with Gasteiger partial charge in [-0.1, -0.05) is 35.3 Å². The van der Waals surface area contributed by atoms with Crippen LogP contribution in [0.2, 0.25) is 10.3 Å². The van der Waals surface area contributed by atoms with Crippen LogP contribution in [0.3, 0.4) is 0 Å². The molecule has 3 heterocycles. The van der Waals surface area contributed by atoms with E-state index >= 15 is 0 Å². The molecule has 0 radical (unpaired) electrons. The molecule has 0 saturated heterocycles. The number of hydrogen-bond donors (Lipinski definition) is 0. The topological polar surface area (TPSA) is 68.9 Å². The van der Waals surface area contributed by atoms with E-state index in [4.69, 9.17) is 23.2 Å². The zero-order chi connectivity index (χ0) is 15.3. The Bertz CT molecular complexity index is 1030. The van der Waals surface area contributed by atoms with E-state index in [0.29, 0.717) is 22.4 Å². The van der Waals surface area contributed by atoms with Gasteiger partial charge in [0.25, 0.3) is 5.78 Å². The molecule has 0 fully saturated rings. The molecule has 22 heavy (non-hydrogen) atoms. The first-order valence-electron chi connectivity index (χ1n) is 6.44. The highest BCUT2D eigenvalue weighted by Gasteiger charge is 2.15. The maximum atomic E-state index is 6.10. The van der Waals surface area contributed by atoms with Crippen LogP contribution in [-0.4, -0.2) is 29.5 Å². The van der Waals surface area contributed by atoms with E-state index in [-0.39, 0.29) is 5.15 Å². The number of fused-ring (bicyclic) bond motifs is 2. The molecular weight excluding hydrogens is 323 g/mol. The summed E-state index contributed by atoms with van der Waals surface area (Å²) in [6.07, 6.45) is 0. The van der Waals surface area contributed by atoms with Gasteiger partial charge in [-0.15, -0.1) is 5.10 Å². The fourth-order valence-electron chi connectivity index (χ4n) is 2.21. The summed E-state index contributed by atoms with van der Waals surface area (Å²) in [6, 6.07) is 9.14. The molecule has 0 aliphatic rings. The molecule has 0 aliphatic carbocycles. The minimum Gasteiger partial charge on any atom is -0.249 e. The molecule has 0 unspecified atom stereocenters. The number of halogens is 2. The van der Waals surface area contributed by atoms with Crippen LogP contribution in [0, 0.1) is 6.92 Å². The lowest BCUT2D eigenvalue weighted by Crippen LogP contribution is -1.96. The van der Waals surface area contributed by atoms with Gasteiger partial charge in [-0.2, -0.15) is 14.5 Å². The standard InChI is InChI=1S/C14H8Cl2N6/c1-7-12(18-9-5-3-2-4-8(9)17-7)13-20-14-19-10(15)6-11(16)22(14)21-13/h2-6H,1H3. The van der Waals surface area contributed by atoms with Gasteiger partial charge in [-0.3, -0.25) is 0 Å². The third-order valence-corrected chi connectivity index (χ3v) is 3.66. The van der Waals surface area contributed by atoms with Crippen molar-refractivity contribution in [1.29, 1.82) is 0 Å². The maximum Gasteiger partial charge on any atom is 0.255 e. The minimum absolute atomic E-state index is 0.262. The molecule has 0 saturated carbocycles. The van der Waals surface area contributed by atoms with Gasteiger partial charge in [0.1, 0.15) is 16.0 Å². The Morgan fingerprint density at radius 1 is 0.955 bits per heavy atom. The summed E-state index contributed by atoms with van der Waals surface area (Å²) in [5, 5.41) is 4.94. The summed E-state index contributed by atoms with van der Waals surface area (Å²) in [7, 11) is 0. The minimum atomic E-state index is 0.262. The number of benzene rings is 1. The van der Waals surface area contributed by atoms with Crippen LogP contribution in [0.1, 0.15) is 5.69 Å². The maximum absolute atomic E-state index is 6.10. The highest BCUT2D eigenvalue weighted by molar-refractivity contribution is 6.33. The summed E-state index contributed by atoms with van der Waals surface area (Å²) in [5.74, 6) is 0.731. The van der Waals surface area contributed by atoms with Gasteiger partial charge in [0.15, 0.2) is 0 Å². The molecule has 4 rings (SSSR count). The monoisotopic (exact) mass is 330 g/mol. The fraction of sp³-hybridized carbons (Fsp3) is 0.0714. The summed E-state index contributed by atoms with van der Waals surface area (Å²) < 4.78 is 1.42. The Balaban J connectivity index is 1.98. The van der Waals surface area contributed by atoms with E-state index in [1.54, 1.807) is 0 Å². The second kappa shape index (κ2) is 4.86. The van der Waals surface area contributed by atoms with E-state index in [1.165, 1.54) is 10.6 Å². The van der Waals surface area contributed by atoms with Crippen molar-refractivity contribution < 1.29 is 0 Å². The van der Waals surface area contributed by atoms with E-state index < -0.39 is 0 Å². The van der Waals surface area contributed by atoms with Gasteiger partial charge < -0.3 is 0 Å². The van der Waals surface area contributed by atoms with Gasteiger partial charge >= 0.3 is 0 Å². The van der Waals surface area contributed by atoms with Crippen molar-refractivity contribution in [3.8, 4) is 11.5 Å². The van der Waals surface area contributed by atoms with Gasteiger partial charge in [-0.05, 0) is 19.1 Å². The molecule has 6 nitrogen and oxygen atoms in total. The molecule has 0 atom stereocenters. The average Bonchev–Trinajstić information content (AvgIpc) is 2.90. The first-order chi connectivity index (χ1) is 10.6. The van der Waals surface area contributed by atoms with Gasteiger partial charge in [0.05, 0.1) is 16.7 Å². The van der Waals surface area contributed by atoms with Crippen LogP contribution >= 0.6 is 23.2 Å². The van der Waals surface area contributed by atoms with Gasteiger partial charge in [0, 0.05) is 6.07 Å². The molecule has 108 valence electrons. The largest absolute Gasteiger partial charge is 0.255 e. The Hall–Kier alpha value is -2.31. The van der Waals surface area contributed by atoms with E-state index in [2.05, 4.69) is 25.0 Å². The highest BCUT2D eigenvalue weighted by Crippen LogP contribution is 2.22. The quantitative estimate of drug-likeness (QED) is 0.500. The SMILES string of the molecule is Cc1nc2ccccc2nc1-c1nc2nc(Cl)cc(Cl)n2n1. The molecule has 0 N–H and O–H groups in total. The Morgan fingerprint density at radius 2 is 1.68 bits per heavy atom. The molecule has 8 heteroatoms. The lowest BCUT2D eigenvalue weighted by Gasteiger charge is -2.02. The van der Waals surface area contributed by atoms with Crippen LogP contribution in [0.4, 0.5) is 0 Å². The third-order valence-electron chi connectivity index (χ3n) is 3.19. The Morgan fingerprint density at radius 3 is 2.45 bits per heavy atom. The summed E-state index contributed by atoms with van der Waals surface area (Å²) in [5.41, 5.74) is 2.93. The lowest BCUT2D eigenvalue weighted by atomic mass is 10.2. The van der Waals surface area contributed by atoms with E-state index in [9.17, 15) is 0 Å². The summed E-state index contributed by atoms with van der Waals surface area (Å²) in [4.78, 5) is 17.6. The predicted octanol–water partition coefficient (Wildman–Crippen LogP) is 3.35. The van der Waals surface area contributed by atoms with Crippen molar-refractivity contribution in [2.24, 2.45) is 0 Å². The average molecular weight is 331 g/mol. The number of aryl methyl sites for hydroxylation is 1. The Kier molecular flexibility index (Phi) is 2.95. The normalized spacial score (nSPS) is 11.4. The smallest absolute Gasteiger partial charge is 0.249 e. The second-order valence-corrected chi connectivity index (χ2v) is 5.47. The molecule has 3 aromatic heterocycles. The molecule has 0 aliphatic heterocycles.